The predicted octanol–water partition coefficient (Wildman–Crippen LogP) is 2.12. The van der Waals surface area contributed by atoms with E-state index in [9.17, 15) is 9.59 Å². The Hall–Kier alpha value is -3.17. The van der Waals surface area contributed by atoms with Gasteiger partial charge in [0.05, 0.1) is 23.7 Å². The molecule has 2 saturated heterocycles. The third kappa shape index (κ3) is 3.14. The fourth-order valence-electron chi connectivity index (χ4n) is 4.18. The van der Waals surface area contributed by atoms with Crippen LogP contribution in [0.2, 0.25) is 0 Å². The number of piperazine rings is 1. The van der Waals surface area contributed by atoms with Crippen molar-refractivity contribution in [2.24, 2.45) is 0 Å². The normalized spacial score (nSPS) is 22.5. The summed E-state index contributed by atoms with van der Waals surface area (Å²) >= 11 is 0. The lowest BCUT2D eigenvalue weighted by Crippen LogP contribution is -2.64. The van der Waals surface area contributed by atoms with Crippen molar-refractivity contribution in [3.05, 3.63) is 65.7 Å². The van der Waals surface area contributed by atoms with Gasteiger partial charge in [-0.05, 0) is 43.8 Å². The molecule has 4 rings (SSSR count). The Bertz CT molecular complexity index is 953. The van der Waals surface area contributed by atoms with Gasteiger partial charge in [-0.1, -0.05) is 24.3 Å². The topological polar surface area (TPSA) is 67.7 Å². The Morgan fingerprint density at radius 3 is 2.64 bits per heavy atom. The first-order chi connectivity index (χ1) is 13.5. The van der Waals surface area contributed by atoms with Crippen LogP contribution in [0.1, 0.15) is 22.3 Å². The largest absolute Gasteiger partial charge is 0.337 e. The Morgan fingerprint density at radius 2 is 1.89 bits per heavy atom. The third-order valence-corrected chi connectivity index (χ3v) is 5.86. The van der Waals surface area contributed by atoms with Crippen LogP contribution in [0.4, 0.5) is 5.69 Å². The second kappa shape index (κ2) is 7.10. The van der Waals surface area contributed by atoms with Gasteiger partial charge in [-0.2, -0.15) is 5.26 Å². The fraction of sp³-hybridized carbons (Fsp3) is 0.318. The summed E-state index contributed by atoms with van der Waals surface area (Å²) in [7, 11) is 1.96. The summed E-state index contributed by atoms with van der Waals surface area (Å²) in [6.07, 6.45) is 0.809. The van der Waals surface area contributed by atoms with Crippen molar-refractivity contribution in [3.63, 3.8) is 0 Å². The molecule has 142 valence electrons. The minimum atomic E-state index is -0.258. The Morgan fingerprint density at radius 1 is 1.11 bits per heavy atom. The highest BCUT2D eigenvalue weighted by atomic mass is 16.2. The van der Waals surface area contributed by atoms with Gasteiger partial charge in [0, 0.05) is 30.9 Å². The van der Waals surface area contributed by atoms with E-state index in [4.69, 9.17) is 5.26 Å². The van der Waals surface area contributed by atoms with Crippen LogP contribution in [-0.4, -0.2) is 60.4 Å². The average Bonchev–Trinajstić information content (AvgIpc) is 3.16. The summed E-state index contributed by atoms with van der Waals surface area (Å²) in [5, 5.41) is 9.09. The van der Waals surface area contributed by atoms with Crippen molar-refractivity contribution < 1.29 is 9.59 Å². The monoisotopic (exact) mass is 374 g/mol. The van der Waals surface area contributed by atoms with E-state index >= 15 is 0 Å². The first-order valence-corrected chi connectivity index (χ1v) is 9.38. The maximum atomic E-state index is 13.0. The number of nitrogens with zero attached hydrogens (tertiary/aromatic N) is 4. The van der Waals surface area contributed by atoms with Crippen LogP contribution < -0.4 is 4.90 Å². The number of nitriles is 1. The molecule has 28 heavy (non-hydrogen) atoms. The molecule has 2 aliphatic heterocycles. The molecule has 6 heteroatoms. The SMILES string of the molecule is CN1CC(=O)N(c2ccccc2)CC12CCN(C(=O)c1cccc(C#N)c1)C2. The molecule has 0 aliphatic carbocycles. The second-order valence-electron chi connectivity index (χ2n) is 7.57. The maximum absolute atomic E-state index is 13.0. The van der Waals surface area contributed by atoms with E-state index in [0.717, 1.165) is 12.1 Å². The number of para-hydroxylation sites is 1. The highest BCUT2D eigenvalue weighted by Crippen LogP contribution is 2.34. The summed E-state index contributed by atoms with van der Waals surface area (Å²) in [5.41, 5.74) is 1.65. The minimum absolute atomic E-state index is 0.0643. The molecule has 2 fully saturated rings. The predicted molar refractivity (Wildman–Crippen MR) is 106 cm³/mol. The Balaban J connectivity index is 1.56. The van der Waals surface area contributed by atoms with Crippen LogP contribution in [-0.2, 0) is 4.79 Å². The summed E-state index contributed by atoms with van der Waals surface area (Å²) in [6.45, 7) is 2.10. The number of amides is 2. The molecule has 2 aliphatic rings. The maximum Gasteiger partial charge on any atom is 0.253 e. The zero-order valence-electron chi connectivity index (χ0n) is 15.8. The van der Waals surface area contributed by atoms with Gasteiger partial charge in [0.2, 0.25) is 5.91 Å². The molecule has 0 radical (unpaired) electrons. The molecular formula is C22H22N4O2. The van der Waals surface area contributed by atoms with Gasteiger partial charge in [0.15, 0.2) is 0 Å². The molecule has 2 heterocycles. The van der Waals surface area contributed by atoms with Crippen molar-refractivity contribution in [2.75, 3.05) is 38.1 Å². The van der Waals surface area contributed by atoms with Gasteiger partial charge in [-0.25, -0.2) is 0 Å². The number of benzene rings is 2. The average molecular weight is 374 g/mol. The molecule has 1 spiro atoms. The number of rotatable bonds is 2. The van der Waals surface area contributed by atoms with Crippen LogP contribution in [0, 0.1) is 11.3 Å². The highest BCUT2D eigenvalue weighted by molar-refractivity contribution is 5.97. The molecule has 2 amide bonds. The van der Waals surface area contributed by atoms with Gasteiger partial charge in [0.1, 0.15) is 0 Å². The van der Waals surface area contributed by atoms with Gasteiger partial charge >= 0.3 is 0 Å². The van der Waals surface area contributed by atoms with Crippen LogP contribution in [0.3, 0.4) is 0 Å². The van der Waals surface area contributed by atoms with Crippen LogP contribution >= 0.6 is 0 Å². The first-order valence-electron chi connectivity index (χ1n) is 9.38. The molecule has 1 atom stereocenters. The summed E-state index contributed by atoms with van der Waals surface area (Å²) in [4.78, 5) is 31.4. The molecule has 0 N–H and O–H groups in total. The van der Waals surface area contributed by atoms with E-state index in [1.54, 1.807) is 24.3 Å². The molecule has 2 aromatic carbocycles. The smallest absolute Gasteiger partial charge is 0.253 e. The number of carbonyl (C=O) groups is 2. The second-order valence-corrected chi connectivity index (χ2v) is 7.57. The number of anilines is 1. The lowest BCUT2D eigenvalue weighted by Gasteiger charge is -2.46. The van der Waals surface area contributed by atoms with Crippen molar-refractivity contribution in [1.29, 1.82) is 5.26 Å². The number of hydrogen-bond donors (Lipinski definition) is 0. The van der Waals surface area contributed by atoms with Gasteiger partial charge in [0.25, 0.3) is 5.91 Å². The van der Waals surface area contributed by atoms with Crippen LogP contribution in [0.15, 0.2) is 54.6 Å². The van der Waals surface area contributed by atoms with E-state index in [0.29, 0.717) is 37.3 Å². The van der Waals surface area contributed by atoms with E-state index in [1.165, 1.54) is 0 Å². The Kier molecular flexibility index (Phi) is 4.62. The zero-order valence-corrected chi connectivity index (χ0v) is 15.8. The van der Waals surface area contributed by atoms with Crippen molar-refractivity contribution in [3.8, 4) is 6.07 Å². The fourth-order valence-corrected chi connectivity index (χ4v) is 4.18. The number of hydrogen-bond acceptors (Lipinski definition) is 4. The standard InChI is InChI=1S/C22H22N4O2/c1-24-14-20(27)26(19-8-3-2-4-9-19)16-22(24)10-11-25(15-22)21(28)18-7-5-6-17(12-18)13-23/h2-9,12H,10-11,14-16H2,1H3. The number of carbonyl (C=O) groups excluding carboxylic acids is 2. The van der Waals surface area contributed by atoms with Gasteiger partial charge in [-0.15, -0.1) is 0 Å². The molecule has 0 bridgehead atoms. The van der Waals surface area contributed by atoms with Gasteiger partial charge < -0.3 is 9.80 Å². The van der Waals surface area contributed by atoms with E-state index < -0.39 is 0 Å². The van der Waals surface area contributed by atoms with Crippen LogP contribution in [0.25, 0.3) is 0 Å². The van der Waals surface area contributed by atoms with Gasteiger partial charge in [-0.3, -0.25) is 14.5 Å². The molecular weight excluding hydrogens is 352 g/mol. The van der Waals surface area contributed by atoms with Crippen LogP contribution in [0.5, 0.6) is 0 Å². The highest BCUT2D eigenvalue weighted by Gasteiger charge is 2.48. The van der Waals surface area contributed by atoms with Crippen molar-refractivity contribution in [1.82, 2.24) is 9.80 Å². The van der Waals surface area contributed by atoms with E-state index in [-0.39, 0.29) is 17.4 Å². The first kappa shape index (κ1) is 18.2. The van der Waals surface area contributed by atoms with Crippen molar-refractivity contribution >= 4 is 17.5 Å². The Labute approximate surface area is 164 Å². The molecule has 2 aromatic rings. The van der Waals surface area contributed by atoms with Crippen molar-refractivity contribution in [2.45, 2.75) is 12.0 Å². The summed E-state index contributed by atoms with van der Waals surface area (Å²) in [5.74, 6) is 0.0105. The van der Waals surface area contributed by atoms with E-state index in [2.05, 4.69) is 11.0 Å². The number of likely N-dealkylation sites (tertiary alicyclic amines) is 1. The lowest BCUT2D eigenvalue weighted by molar-refractivity contribution is -0.123. The molecule has 0 aromatic heterocycles. The zero-order chi connectivity index (χ0) is 19.7. The molecule has 1 unspecified atom stereocenters. The minimum Gasteiger partial charge on any atom is -0.337 e. The third-order valence-electron chi connectivity index (χ3n) is 5.86. The molecule has 0 saturated carbocycles. The summed E-state index contributed by atoms with van der Waals surface area (Å²) < 4.78 is 0. The lowest BCUT2D eigenvalue weighted by atomic mass is 9.92. The van der Waals surface area contributed by atoms with E-state index in [1.807, 2.05) is 47.2 Å². The molecule has 6 nitrogen and oxygen atoms in total. The quantitative estimate of drug-likeness (QED) is 0.808. The summed E-state index contributed by atoms with van der Waals surface area (Å²) in [6, 6.07) is 18.6. The number of likely N-dealkylation sites (N-methyl/N-ethyl adjacent to an activating group) is 1.